The number of nitrogens with two attached hydrogens (primary N) is 1. The molecule has 17 heavy (non-hydrogen) atoms. The summed E-state index contributed by atoms with van der Waals surface area (Å²) in [6.07, 6.45) is 0.586. The van der Waals surface area contributed by atoms with E-state index in [1.54, 1.807) is 7.11 Å². The standard InChI is InChI=1S/C12H15N3O2/c1-8(13)7-11-14-12(15-17-11)9-3-5-10(16-2)6-4-9/h3-6,8H,7,13H2,1-2H3. The number of benzene rings is 1. The summed E-state index contributed by atoms with van der Waals surface area (Å²) in [7, 11) is 1.63. The predicted molar refractivity (Wildman–Crippen MR) is 63.6 cm³/mol. The lowest BCUT2D eigenvalue weighted by atomic mass is 10.2. The van der Waals surface area contributed by atoms with E-state index in [4.69, 9.17) is 15.0 Å². The van der Waals surface area contributed by atoms with Crippen molar-refractivity contribution >= 4 is 0 Å². The monoisotopic (exact) mass is 233 g/mol. The maximum Gasteiger partial charge on any atom is 0.228 e. The van der Waals surface area contributed by atoms with Crippen LogP contribution >= 0.6 is 0 Å². The highest BCUT2D eigenvalue weighted by molar-refractivity contribution is 5.55. The lowest BCUT2D eigenvalue weighted by Gasteiger charge is -1.99. The van der Waals surface area contributed by atoms with Crippen LogP contribution in [-0.2, 0) is 6.42 Å². The second-order valence-corrected chi connectivity index (χ2v) is 3.92. The van der Waals surface area contributed by atoms with Crippen LogP contribution in [0.25, 0.3) is 11.4 Å². The number of hydrogen-bond acceptors (Lipinski definition) is 5. The van der Waals surface area contributed by atoms with E-state index in [0.29, 0.717) is 18.1 Å². The molecule has 0 aliphatic rings. The van der Waals surface area contributed by atoms with Crippen LogP contribution < -0.4 is 10.5 Å². The molecule has 0 saturated heterocycles. The first kappa shape index (κ1) is 11.6. The summed E-state index contributed by atoms with van der Waals surface area (Å²) >= 11 is 0. The Morgan fingerprint density at radius 3 is 2.65 bits per heavy atom. The molecule has 0 aliphatic heterocycles. The van der Waals surface area contributed by atoms with Crippen molar-refractivity contribution in [2.24, 2.45) is 5.73 Å². The van der Waals surface area contributed by atoms with Crippen molar-refractivity contribution in [1.82, 2.24) is 10.1 Å². The summed E-state index contributed by atoms with van der Waals surface area (Å²) in [5.41, 5.74) is 6.56. The van der Waals surface area contributed by atoms with Crippen LogP contribution in [0.3, 0.4) is 0 Å². The van der Waals surface area contributed by atoms with Gasteiger partial charge >= 0.3 is 0 Å². The molecule has 0 bridgehead atoms. The fraction of sp³-hybridized carbons (Fsp3) is 0.333. The predicted octanol–water partition coefficient (Wildman–Crippen LogP) is 1.63. The first-order valence-electron chi connectivity index (χ1n) is 5.41. The third-order valence-electron chi connectivity index (χ3n) is 2.31. The van der Waals surface area contributed by atoms with Crippen molar-refractivity contribution in [3.63, 3.8) is 0 Å². The summed E-state index contributed by atoms with van der Waals surface area (Å²) in [6, 6.07) is 7.51. The molecule has 1 unspecified atom stereocenters. The highest BCUT2D eigenvalue weighted by atomic mass is 16.5. The minimum atomic E-state index is 0.0131. The second-order valence-electron chi connectivity index (χ2n) is 3.92. The van der Waals surface area contributed by atoms with Gasteiger partial charge in [-0.2, -0.15) is 4.98 Å². The molecule has 90 valence electrons. The maximum absolute atomic E-state index is 5.67. The first-order chi connectivity index (χ1) is 8.19. The molecule has 2 N–H and O–H groups in total. The van der Waals surface area contributed by atoms with E-state index in [1.165, 1.54) is 0 Å². The van der Waals surface area contributed by atoms with Crippen LogP contribution in [0.1, 0.15) is 12.8 Å². The summed E-state index contributed by atoms with van der Waals surface area (Å²) in [4.78, 5) is 4.28. The Hall–Kier alpha value is -1.88. The fourth-order valence-corrected chi connectivity index (χ4v) is 1.47. The minimum absolute atomic E-state index is 0.0131. The van der Waals surface area contributed by atoms with Crippen LogP contribution in [-0.4, -0.2) is 23.3 Å². The molecule has 1 heterocycles. The van der Waals surface area contributed by atoms with Crippen LogP contribution in [0.2, 0.25) is 0 Å². The number of methoxy groups -OCH3 is 1. The van der Waals surface area contributed by atoms with Gasteiger partial charge < -0.3 is 15.0 Å². The Morgan fingerprint density at radius 1 is 1.35 bits per heavy atom. The number of ether oxygens (including phenoxy) is 1. The van der Waals surface area contributed by atoms with Gasteiger partial charge in [-0.15, -0.1) is 0 Å². The Bertz CT molecular complexity index is 477. The van der Waals surface area contributed by atoms with Gasteiger partial charge in [-0.1, -0.05) is 5.16 Å². The summed E-state index contributed by atoms with van der Waals surface area (Å²) < 4.78 is 10.2. The molecule has 5 nitrogen and oxygen atoms in total. The van der Waals surface area contributed by atoms with Crippen molar-refractivity contribution in [2.45, 2.75) is 19.4 Å². The van der Waals surface area contributed by atoms with Crippen molar-refractivity contribution in [2.75, 3.05) is 7.11 Å². The number of nitrogens with zero attached hydrogens (tertiary/aromatic N) is 2. The molecule has 0 radical (unpaired) electrons. The van der Waals surface area contributed by atoms with Crippen molar-refractivity contribution in [3.8, 4) is 17.1 Å². The molecular formula is C12H15N3O2. The van der Waals surface area contributed by atoms with E-state index >= 15 is 0 Å². The topological polar surface area (TPSA) is 74.2 Å². The average molecular weight is 233 g/mol. The normalized spacial score (nSPS) is 12.4. The zero-order valence-corrected chi connectivity index (χ0v) is 9.88. The summed E-state index contributed by atoms with van der Waals surface area (Å²) in [5, 5.41) is 3.91. The van der Waals surface area contributed by atoms with Gasteiger partial charge in [0.05, 0.1) is 7.11 Å². The van der Waals surface area contributed by atoms with Crippen LogP contribution in [0.5, 0.6) is 5.75 Å². The molecule has 2 rings (SSSR count). The Morgan fingerprint density at radius 2 is 2.06 bits per heavy atom. The molecule has 0 saturated carbocycles. The molecule has 0 spiro atoms. The Labute approximate surface area is 99.6 Å². The van der Waals surface area contributed by atoms with Crippen LogP contribution in [0, 0.1) is 0 Å². The largest absolute Gasteiger partial charge is 0.497 e. The summed E-state index contributed by atoms with van der Waals surface area (Å²) in [5.74, 6) is 1.93. The van der Waals surface area contributed by atoms with Crippen LogP contribution in [0.15, 0.2) is 28.8 Å². The second kappa shape index (κ2) is 4.97. The third-order valence-corrected chi connectivity index (χ3v) is 2.31. The molecular weight excluding hydrogens is 218 g/mol. The molecule has 0 amide bonds. The molecule has 1 atom stereocenters. The van der Waals surface area contributed by atoms with E-state index in [0.717, 1.165) is 11.3 Å². The number of rotatable bonds is 4. The zero-order chi connectivity index (χ0) is 12.3. The van der Waals surface area contributed by atoms with E-state index < -0.39 is 0 Å². The van der Waals surface area contributed by atoms with Gasteiger partial charge in [0.25, 0.3) is 0 Å². The van der Waals surface area contributed by atoms with E-state index in [9.17, 15) is 0 Å². The highest BCUT2D eigenvalue weighted by Gasteiger charge is 2.09. The van der Waals surface area contributed by atoms with Crippen molar-refractivity contribution < 1.29 is 9.26 Å². The molecule has 2 aromatic rings. The van der Waals surface area contributed by atoms with Gasteiger partial charge in [-0.05, 0) is 31.2 Å². The van der Waals surface area contributed by atoms with Gasteiger partial charge in [0.15, 0.2) is 0 Å². The first-order valence-corrected chi connectivity index (χ1v) is 5.41. The van der Waals surface area contributed by atoms with Gasteiger partial charge in [-0.25, -0.2) is 0 Å². The zero-order valence-electron chi connectivity index (χ0n) is 9.88. The smallest absolute Gasteiger partial charge is 0.228 e. The van der Waals surface area contributed by atoms with Gasteiger partial charge in [0.1, 0.15) is 5.75 Å². The number of hydrogen-bond donors (Lipinski definition) is 1. The SMILES string of the molecule is COc1ccc(-c2noc(CC(C)N)n2)cc1. The molecule has 1 aromatic carbocycles. The lowest BCUT2D eigenvalue weighted by molar-refractivity contribution is 0.372. The summed E-state index contributed by atoms with van der Waals surface area (Å²) in [6.45, 7) is 1.90. The molecule has 0 fully saturated rings. The maximum atomic E-state index is 5.67. The van der Waals surface area contributed by atoms with E-state index in [1.807, 2.05) is 31.2 Å². The van der Waals surface area contributed by atoms with E-state index in [-0.39, 0.29) is 6.04 Å². The molecule has 5 heteroatoms. The Balaban J connectivity index is 2.18. The Kier molecular flexibility index (Phi) is 3.39. The van der Waals surface area contributed by atoms with Crippen molar-refractivity contribution in [1.29, 1.82) is 0 Å². The molecule has 1 aromatic heterocycles. The molecule has 0 aliphatic carbocycles. The number of aromatic nitrogens is 2. The quantitative estimate of drug-likeness (QED) is 0.868. The lowest BCUT2D eigenvalue weighted by Crippen LogP contribution is -2.17. The van der Waals surface area contributed by atoms with Gasteiger partial charge in [-0.3, -0.25) is 0 Å². The van der Waals surface area contributed by atoms with Gasteiger partial charge in [0, 0.05) is 18.0 Å². The fourth-order valence-electron chi connectivity index (χ4n) is 1.47. The van der Waals surface area contributed by atoms with E-state index in [2.05, 4.69) is 10.1 Å². The van der Waals surface area contributed by atoms with Gasteiger partial charge in [0.2, 0.25) is 11.7 Å². The highest BCUT2D eigenvalue weighted by Crippen LogP contribution is 2.19. The third kappa shape index (κ3) is 2.82. The van der Waals surface area contributed by atoms with Crippen molar-refractivity contribution in [3.05, 3.63) is 30.2 Å². The minimum Gasteiger partial charge on any atom is -0.497 e. The van der Waals surface area contributed by atoms with Crippen LogP contribution in [0.4, 0.5) is 0 Å². The average Bonchev–Trinajstić information content (AvgIpc) is 2.77.